The fraction of sp³-hybridized carbons (Fsp3) is 0.385. The van der Waals surface area contributed by atoms with Crippen molar-refractivity contribution in [2.24, 2.45) is 0 Å². The molecule has 0 spiro atoms. The highest BCUT2D eigenvalue weighted by Gasteiger charge is 2.34. The smallest absolute Gasteiger partial charge is 0.241 e. The highest BCUT2D eigenvalue weighted by molar-refractivity contribution is 7.91. The quantitative estimate of drug-likeness (QED) is 0.870. The van der Waals surface area contributed by atoms with Gasteiger partial charge in [0.1, 0.15) is 10.0 Å². The Bertz CT molecular complexity index is 698. The minimum Gasteiger partial charge on any atom is -0.241 e. The van der Waals surface area contributed by atoms with Crippen LogP contribution in [0.3, 0.4) is 0 Å². The van der Waals surface area contributed by atoms with Crippen LogP contribution >= 0.6 is 11.3 Å². The molecule has 2 aromatic heterocycles. The van der Waals surface area contributed by atoms with Gasteiger partial charge >= 0.3 is 0 Å². The van der Waals surface area contributed by atoms with Gasteiger partial charge in [0.05, 0.1) is 0 Å². The predicted molar refractivity (Wildman–Crippen MR) is 77.2 cm³/mol. The maximum absolute atomic E-state index is 12.4. The summed E-state index contributed by atoms with van der Waals surface area (Å²) in [6.07, 6.45) is 2.50. The number of nitrogens with zero attached hydrogens (tertiary/aromatic N) is 3. The summed E-state index contributed by atoms with van der Waals surface area (Å²) in [7, 11) is -3.35. The molecule has 3 rings (SSSR count). The fourth-order valence-electron chi connectivity index (χ4n) is 2.36. The number of rotatable bonds is 3. The summed E-state index contributed by atoms with van der Waals surface area (Å²) in [6.45, 7) is 2.91. The van der Waals surface area contributed by atoms with Gasteiger partial charge in [-0.15, -0.1) is 11.3 Å². The van der Waals surface area contributed by atoms with E-state index < -0.39 is 10.0 Å². The Labute approximate surface area is 122 Å². The Morgan fingerprint density at radius 1 is 1.40 bits per heavy atom. The number of sulfonamides is 1. The lowest BCUT2D eigenvalue weighted by Crippen LogP contribution is -2.28. The average molecular weight is 309 g/mol. The van der Waals surface area contributed by atoms with Gasteiger partial charge in [-0.2, -0.15) is 4.31 Å². The van der Waals surface area contributed by atoms with E-state index in [9.17, 15) is 8.42 Å². The molecule has 0 radical (unpaired) electrons. The van der Waals surface area contributed by atoms with Gasteiger partial charge in [-0.25, -0.2) is 18.4 Å². The van der Waals surface area contributed by atoms with Crippen LogP contribution < -0.4 is 0 Å². The minimum atomic E-state index is -3.35. The summed E-state index contributed by atoms with van der Waals surface area (Å²) in [5.41, 5.74) is 0.912. The molecule has 1 aliphatic rings. The number of hydrogen-bond acceptors (Lipinski definition) is 5. The van der Waals surface area contributed by atoms with Crippen molar-refractivity contribution in [2.75, 3.05) is 13.1 Å². The van der Waals surface area contributed by atoms with E-state index in [2.05, 4.69) is 9.97 Å². The molecule has 1 atom stereocenters. The molecule has 0 aliphatic carbocycles. The summed E-state index contributed by atoms with van der Waals surface area (Å²) in [5, 5.41) is 1.78. The molecular weight excluding hydrogens is 294 g/mol. The highest BCUT2D eigenvalue weighted by Crippen LogP contribution is 2.30. The first kappa shape index (κ1) is 13.7. The topological polar surface area (TPSA) is 63.2 Å². The first-order valence-corrected chi connectivity index (χ1v) is 8.72. The van der Waals surface area contributed by atoms with Crippen molar-refractivity contribution in [2.45, 2.75) is 23.5 Å². The van der Waals surface area contributed by atoms with Gasteiger partial charge < -0.3 is 0 Å². The molecule has 0 amide bonds. The van der Waals surface area contributed by atoms with Gasteiger partial charge in [0.15, 0.2) is 0 Å². The third-order valence-electron chi connectivity index (χ3n) is 3.42. The minimum absolute atomic E-state index is 0.0876. The Balaban J connectivity index is 1.81. The van der Waals surface area contributed by atoms with E-state index in [1.165, 1.54) is 15.6 Å². The van der Waals surface area contributed by atoms with Crippen LogP contribution in [-0.4, -0.2) is 35.8 Å². The number of thiophene rings is 1. The van der Waals surface area contributed by atoms with Crippen LogP contribution in [0.15, 0.2) is 34.0 Å². The van der Waals surface area contributed by atoms with Crippen molar-refractivity contribution < 1.29 is 8.42 Å². The fourth-order valence-corrected chi connectivity index (χ4v) is 5.00. The molecule has 1 aliphatic heterocycles. The monoisotopic (exact) mass is 309 g/mol. The molecule has 1 saturated heterocycles. The molecular formula is C13H15N3O2S2. The van der Waals surface area contributed by atoms with Gasteiger partial charge in [0.2, 0.25) is 0 Å². The molecule has 0 unspecified atom stereocenters. The van der Waals surface area contributed by atoms with Crippen LogP contribution in [0.4, 0.5) is 0 Å². The molecule has 0 saturated carbocycles. The van der Waals surface area contributed by atoms with Crippen molar-refractivity contribution >= 4 is 21.4 Å². The molecule has 0 bridgehead atoms. The van der Waals surface area contributed by atoms with E-state index in [0.29, 0.717) is 17.3 Å². The second kappa shape index (κ2) is 5.23. The number of aromatic nitrogens is 2. The van der Waals surface area contributed by atoms with Crippen LogP contribution in [0.25, 0.3) is 0 Å². The molecule has 1 fully saturated rings. The van der Waals surface area contributed by atoms with E-state index in [1.54, 1.807) is 23.7 Å². The highest BCUT2D eigenvalue weighted by atomic mass is 32.2. The van der Waals surface area contributed by atoms with Crippen LogP contribution in [0, 0.1) is 6.92 Å². The van der Waals surface area contributed by atoms with E-state index in [0.717, 1.165) is 17.9 Å². The van der Waals surface area contributed by atoms with Crippen molar-refractivity contribution in [3.05, 3.63) is 41.3 Å². The van der Waals surface area contributed by atoms with Gasteiger partial charge in [0.25, 0.3) is 10.0 Å². The molecule has 5 nitrogen and oxygen atoms in total. The predicted octanol–water partition coefficient (Wildman–Crippen LogP) is 2.02. The first-order valence-electron chi connectivity index (χ1n) is 6.40. The standard InChI is InChI=1S/C13H15N3O2S2/c1-10-4-6-14-13(15-10)11-5-7-16(9-11)20(17,18)12-3-2-8-19-12/h2-4,6,8,11H,5,7,9H2,1H3/t11-/m1/s1. The summed E-state index contributed by atoms with van der Waals surface area (Å²) < 4.78 is 26.8. The average Bonchev–Trinajstić information content (AvgIpc) is 3.11. The second-order valence-electron chi connectivity index (χ2n) is 4.84. The van der Waals surface area contributed by atoms with Gasteiger partial charge in [0, 0.05) is 30.9 Å². The Hall–Kier alpha value is -1.31. The normalized spacial score (nSPS) is 20.4. The largest absolute Gasteiger partial charge is 0.252 e. The van der Waals surface area contributed by atoms with Crippen molar-refractivity contribution in [1.82, 2.24) is 14.3 Å². The summed E-state index contributed by atoms with van der Waals surface area (Å²) in [5.74, 6) is 0.832. The molecule has 7 heteroatoms. The second-order valence-corrected chi connectivity index (χ2v) is 7.95. The summed E-state index contributed by atoms with van der Waals surface area (Å²) >= 11 is 1.26. The molecule has 20 heavy (non-hydrogen) atoms. The lowest BCUT2D eigenvalue weighted by atomic mass is 10.1. The van der Waals surface area contributed by atoms with Crippen LogP contribution in [0.2, 0.25) is 0 Å². The molecule has 2 aromatic rings. The number of hydrogen-bond donors (Lipinski definition) is 0. The van der Waals surface area contributed by atoms with Crippen molar-refractivity contribution in [3.63, 3.8) is 0 Å². The molecule has 106 valence electrons. The molecule has 3 heterocycles. The molecule has 0 aromatic carbocycles. The Morgan fingerprint density at radius 3 is 2.95 bits per heavy atom. The summed E-state index contributed by atoms with van der Waals surface area (Å²) in [6, 6.07) is 5.25. The zero-order valence-corrected chi connectivity index (χ0v) is 12.7. The lowest BCUT2D eigenvalue weighted by Gasteiger charge is -2.15. The van der Waals surface area contributed by atoms with E-state index in [-0.39, 0.29) is 5.92 Å². The van der Waals surface area contributed by atoms with Crippen LogP contribution in [0.1, 0.15) is 23.9 Å². The first-order chi connectivity index (χ1) is 9.57. The van der Waals surface area contributed by atoms with E-state index in [4.69, 9.17) is 0 Å². The van der Waals surface area contributed by atoms with Gasteiger partial charge in [-0.1, -0.05) is 6.07 Å². The third kappa shape index (κ3) is 2.48. The van der Waals surface area contributed by atoms with Gasteiger partial charge in [-0.3, -0.25) is 0 Å². The van der Waals surface area contributed by atoms with Crippen molar-refractivity contribution in [1.29, 1.82) is 0 Å². The maximum atomic E-state index is 12.4. The van der Waals surface area contributed by atoms with Crippen LogP contribution in [-0.2, 0) is 10.0 Å². The van der Waals surface area contributed by atoms with E-state index >= 15 is 0 Å². The Kier molecular flexibility index (Phi) is 3.57. The lowest BCUT2D eigenvalue weighted by molar-refractivity contribution is 0.473. The summed E-state index contributed by atoms with van der Waals surface area (Å²) in [4.78, 5) is 8.68. The SMILES string of the molecule is Cc1ccnc([C@@H]2CCN(S(=O)(=O)c3cccs3)C2)n1. The maximum Gasteiger partial charge on any atom is 0.252 e. The Morgan fingerprint density at radius 2 is 2.25 bits per heavy atom. The van der Waals surface area contributed by atoms with E-state index in [1.807, 2.05) is 13.0 Å². The third-order valence-corrected chi connectivity index (χ3v) is 6.66. The molecule has 0 N–H and O–H groups in total. The van der Waals surface area contributed by atoms with Crippen molar-refractivity contribution in [3.8, 4) is 0 Å². The van der Waals surface area contributed by atoms with Gasteiger partial charge in [-0.05, 0) is 30.9 Å². The zero-order valence-electron chi connectivity index (χ0n) is 11.1. The number of aryl methyl sites for hydroxylation is 1. The van der Waals surface area contributed by atoms with Crippen LogP contribution in [0.5, 0.6) is 0 Å². The zero-order chi connectivity index (χ0) is 14.2.